The fraction of sp³-hybridized carbons (Fsp3) is 0.316. The van der Waals surface area contributed by atoms with Crippen molar-refractivity contribution < 1.29 is 23.9 Å². The third-order valence-corrected chi connectivity index (χ3v) is 4.65. The maximum atomic E-state index is 12.8. The van der Waals surface area contributed by atoms with Crippen molar-refractivity contribution in [3.05, 3.63) is 52.9 Å². The number of aromatic nitrogens is 3. The van der Waals surface area contributed by atoms with Gasteiger partial charge in [0.05, 0.1) is 11.8 Å². The number of esters is 1. The summed E-state index contributed by atoms with van der Waals surface area (Å²) in [6, 6.07) is 6.27. The minimum atomic E-state index is -0.829. The summed E-state index contributed by atoms with van der Waals surface area (Å²) < 4.78 is 12.5. The van der Waals surface area contributed by atoms with Crippen molar-refractivity contribution in [2.24, 2.45) is 0 Å². The van der Waals surface area contributed by atoms with Crippen LogP contribution in [0.3, 0.4) is 0 Å². The molecule has 2 aliphatic rings. The number of rotatable bonds is 3. The molecule has 1 unspecified atom stereocenters. The first-order chi connectivity index (χ1) is 12.8. The van der Waals surface area contributed by atoms with E-state index in [1.54, 1.807) is 30.5 Å². The lowest BCUT2D eigenvalue weighted by atomic mass is 9.83. The van der Waals surface area contributed by atoms with Crippen LogP contribution in [0.2, 0.25) is 0 Å². The Morgan fingerprint density at radius 3 is 2.63 bits per heavy atom. The van der Waals surface area contributed by atoms with Gasteiger partial charge in [-0.25, -0.2) is 4.68 Å². The Labute approximate surface area is 154 Å². The number of Topliss-reactive ketones (excluding diaryl/α,β-unsaturated/α-hetero) is 2. The first-order valence-corrected chi connectivity index (χ1v) is 8.45. The Balaban J connectivity index is 1.80. The zero-order valence-electron chi connectivity index (χ0n) is 15.1. The molecule has 2 heterocycles. The highest BCUT2D eigenvalue weighted by Crippen LogP contribution is 2.49. The van der Waals surface area contributed by atoms with Crippen LogP contribution in [0.1, 0.15) is 48.4 Å². The summed E-state index contributed by atoms with van der Waals surface area (Å²) in [5, 5.41) is 8.06. The third kappa shape index (κ3) is 2.64. The summed E-state index contributed by atoms with van der Waals surface area (Å²) in [6.45, 7) is 4.93. The van der Waals surface area contributed by atoms with Crippen LogP contribution in [0.25, 0.3) is 5.76 Å². The molecule has 0 radical (unpaired) electrons. The van der Waals surface area contributed by atoms with Gasteiger partial charge in [-0.1, -0.05) is 29.5 Å². The molecular formula is C19H17N3O5. The van der Waals surface area contributed by atoms with Gasteiger partial charge in [-0.2, -0.15) is 0 Å². The third-order valence-electron chi connectivity index (χ3n) is 4.65. The lowest BCUT2D eigenvalue weighted by molar-refractivity contribution is -0.142. The molecule has 1 aliphatic heterocycles. The molecule has 0 spiro atoms. The van der Waals surface area contributed by atoms with E-state index >= 15 is 0 Å². The molecule has 0 N–H and O–H groups in total. The van der Waals surface area contributed by atoms with Gasteiger partial charge in [-0.15, -0.1) is 5.10 Å². The first kappa shape index (κ1) is 17.1. The number of hydrogen-bond donors (Lipinski definition) is 0. The van der Waals surface area contributed by atoms with E-state index in [4.69, 9.17) is 9.47 Å². The lowest BCUT2D eigenvalue weighted by Gasteiger charge is -2.27. The normalized spacial score (nSPS) is 20.2. The minimum absolute atomic E-state index is 0.0229. The zero-order valence-corrected chi connectivity index (χ0v) is 15.1. The summed E-state index contributed by atoms with van der Waals surface area (Å²) in [6.07, 6.45) is 1.59. The number of ketones is 2. The Morgan fingerprint density at radius 1 is 1.22 bits per heavy atom. The van der Waals surface area contributed by atoms with Gasteiger partial charge in [-0.3, -0.25) is 14.4 Å². The standard InChI is InChI=1S/C19H17N3O5/c1-10(23)26-9-11-8-22(21-20-11)18-14-16(25)15(24)12-6-4-5-7-13(12)17(14)27-19(18,2)3/h4-8,18H,9H2,1-3H3. The van der Waals surface area contributed by atoms with Crippen molar-refractivity contribution in [2.45, 2.75) is 39.0 Å². The maximum Gasteiger partial charge on any atom is 0.303 e. The van der Waals surface area contributed by atoms with E-state index in [2.05, 4.69) is 10.3 Å². The average Bonchev–Trinajstić information content (AvgIpc) is 3.19. The van der Waals surface area contributed by atoms with E-state index < -0.39 is 29.2 Å². The number of carbonyl (C=O) groups is 3. The van der Waals surface area contributed by atoms with Gasteiger partial charge in [0.25, 0.3) is 0 Å². The highest BCUT2D eigenvalue weighted by molar-refractivity contribution is 6.52. The summed E-state index contributed by atoms with van der Waals surface area (Å²) in [7, 11) is 0. The van der Waals surface area contributed by atoms with Crippen LogP contribution < -0.4 is 0 Å². The predicted molar refractivity (Wildman–Crippen MR) is 92.4 cm³/mol. The van der Waals surface area contributed by atoms with Crippen LogP contribution in [0.4, 0.5) is 0 Å². The summed E-state index contributed by atoms with van der Waals surface area (Å²) >= 11 is 0. The molecule has 1 aliphatic carbocycles. The molecule has 27 heavy (non-hydrogen) atoms. The minimum Gasteiger partial charge on any atom is -0.484 e. The van der Waals surface area contributed by atoms with Gasteiger partial charge >= 0.3 is 5.97 Å². The molecule has 1 aromatic heterocycles. The number of nitrogens with zero attached hydrogens (tertiary/aromatic N) is 3. The monoisotopic (exact) mass is 367 g/mol. The van der Waals surface area contributed by atoms with Gasteiger partial charge in [0, 0.05) is 18.1 Å². The van der Waals surface area contributed by atoms with Crippen LogP contribution in [0.5, 0.6) is 0 Å². The van der Waals surface area contributed by atoms with Crippen molar-refractivity contribution >= 4 is 23.3 Å². The molecule has 0 saturated heterocycles. The van der Waals surface area contributed by atoms with E-state index in [0.717, 1.165) is 0 Å². The predicted octanol–water partition coefficient (Wildman–Crippen LogP) is 1.87. The maximum absolute atomic E-state index is 12.8. The highest BCUT2D eigenvalue weighted by Gasteiger charge is 2.52. The van der Waals surface area contributed by atoms with E-state index in [0.29, 0.717) is 22.6 Å². The van der Waals surface area contributed by atoms with Gasteiger partial charge in [0.1, 0.15) is 29.7 Å². The fourth-order valence-electron chi connectivity index (χ4n) is 3.53. The molecule has 0 bridgehead atoms. The van der Waals surface area contributed by atoms with Crippen molar-refractivity contribution in [2.75, 3.05) is 0 Å². The number of hydrogen-bond acceptors (Lipinski definition) is 7. The van der Waals surface area contributed by atoms with Crippen LogP contribution in [0.15, 0.2) is 36.0 Å². The van der Waals surface area contributed by atoms with Crippen molar-refractivity contribution in [1.29, 1.82) is 0 Å². The van der Waals surface area contributed by atoms with E-state index in [1.807, 2.05) is 13.8 Å². The van der Waals surface area contributed by atoms with Crippen LogP contribution in [-0.4, -0.2) is 38.1 Å². The molecule has 0 fully saturated rings. The Bertz CT molecular complexity index is 1020. The van der Waals surface area contributed by atoms with Crippen molar-refractivity contribution in [1.82, 2.24) is 15.0 Å². The second-order valence-corrected chi connectivity index (χ2v) is 7.02. The largest absolute Gasteiger partial charge is 0.484 e. The molecular weight excluding hydrogens is 350 g/mol. The zero-order chi connectivity index (χ0) is 19.3. The second kappa shape index (κ2) is 5.87. The Kier molecular flexibility index (Phi) is 3.73. The molecule has 1 atom stereocenters. The molecule has 138 valence electrons. The molecule has 8 nitrogen and oxygen atoms in total. The number of ether oxygens (including phenoxy) is 2. The average molecular weight is 367 g/mol. The van der Waals surface area contributed by atoms with Gasteiger partial charge < -0.3 is 9.47 Å². The molecule has 0 amide bonds. The number of benzene rings is 1. The van der Waals surface area contributed by atoms with Crippen LogP contribution in [-0.2, 0) is 25.7 Å². The van der Waals surface area contributed by atoms with E-state index in [1.165, 1.54) is 11.6 Å². The topological polar surface area (TPSA) is 100 Å². The number of carbonyl (C=O) groups excluding carboxylic acids is 3. The van der Waals surface area contributed by atoms with Crippen LogP contribution in [0, 0.1) is 0 Å². The van der Waals surface area contributed by atoms with Gasteiger partial charge in [0.15, 0.2) is 0 Å². The summed E-state index contributed by atoms with van der Waals surface area (Å²) in [5.41, 5.74) is 0.821. The van der Waals surface area contributed by atoms with E-state index in [9.17, 15) is 14.4 Å². The summed E-state index contributed by atoms with van der Waals surface area (Å²) in [4.78, 5) is 36.4. The molecule has 0 saturated carbocycles. The lowest BCUT2D eigenvalue weighted by Crippen LogP contribution is -2.35. The van der Waals surface area contributed by atoms with Gasteiger partial charge in [-0.05, 0) is 13.8 Å². The SMILES string of the molecule is CC(=O)OCc1cn(C2C3=C(OC2(C)C)c2ccccc2C(=O)C3=O)nn1. The van der Waals surface area contributed by atoms with Crippen molar-refractivity contribution in [3.63, 3.8) is 0 Å². The first-order valence-electron chi connectivity index (χ1n) is 8.45. The van der Waals surface area contributed by atoms with Crippen molar-refractivity contribution in [3.8, 4) is 0 Å². The van der Waals surface area contributed by atoms with Gasteiger partial charge in [0.2, 0.25) is 11.6 Å². The smallest absolute Gasteiger partial charge is 0.303 e. The summed E-state index contributed by atoms with van der Waals surface area (Å²) in [5.74, 6) is -1.18. The van der Waals surface area contributed by atoms with E-state index in [-0.39, 0.29) is 12.2 Å². The quantitative estimate of drug-likeness (QED) is 0.603. The Morgan fingerprint density at radius 2 is 1.93 bits per heavy atom. The highest BCUT2D eigenvalue weighted by atomic mass is 16.5. The molecule has 2 aromatic rings. The number of fused-ring (bicyclic) bond motifs is 2. The molecule has 1 aromatic carbocycles. The fourth-order valence-corrected chi connectivity index (χ4v) is 3.53. The second-order valence-electron chi connectivity index (χ2n) is 7.02. The Hall–Kier alpha value is -3.29. The molecule has 4 rings (SSSR count). The van der Waals surface area contributed by atoms with Crippen LogP contribution >= 0.6 is 0 Å². The molecule has 8 heteroatoms.